The molecule has 0 aliphatic carbocycles. The average Bonchev–Trinajstić information content (AvgIpc) is 2.25. The quantitative estimate of drug-likeness (QED) is 0.700. The maximum absolute atomic E-state index is 11.5. The highest BCUT2D eigenvalue weighted by atomic mass is 16.6. The molecule has 1 rings (SSSR count). The first-order valence-corrected chi connectivity index (χ1v) is 5.00. The second-order valence-electron chi connectivity index (χ2n) is 4.64. The van der Waals surface area contributed by atoms with E-state index < -0.39 is 5.60 Å². The molecule has 4 heteroatoms. The largest absolute Gasteiger partial charge is 0.459 e. The van der Waals surface area contributed by atoms with Gasteiger partial charge in [-0.05, 0) is 34.6 Å². The molecule has 0 fully saturated rings. The summed E-state index contributed by atoms with van der Waals surface area (Å²) in [6.45, 7) is 9.57. The fraction of sp³-hybridized carbons (Fsp3) is 0.636. The molecule has 0 spiro atoms. The van der Waals surface area contributed by atoms with Gasteiger partial charge in [-0.3, -0.25) is 4.79 Å². The molecule has 0 aliphatic rings. The van der Waals surface area contributed by atoms with E-state index in [0.717, 1.165) is 11.5 Å². The van der Waals surface area contributed by atoms with Crippen molar-refractivity contribution in [3.63, 3.8) is 0 Å². The fourth-order valence-corrected chi connectivity index (χ4v) is 1.34. The zero-order valence-electron chi connectivity index (χ0n) is 10.00. The molecular formula is C11H18N2O2. The molecule has 4 nitrogen and oxygen atoms in total. The van der Waals surface area contributed by atoms with Crippen molar-refractivity contribution in [3.05, 3.63) is 17.7 Å². The van der Waals surface area contributed by atoms with Crippen LogP contribution in [0.2, 0.25) is 0 Å². The van der Waals surface area contributed by atoms with Crippen LogP contribution in [0.1, 0.15) is 32.3 Å². The van der Waals surface area contributed by atoms with Gasteiger partial charge < -0.3 is 9.30 Å². The molecule has 1 aromatic rings. The Morgan fingerprint density at radius 3 is 2.47 bits per heavy atom. The van der Waals surface area contributed by atoms with Crippen LogP contribution in [0.4, 0.5) is 0 Å². The molecule has 0 saturated heterocycles. The van der Waals surface area contributed by atoms with Crippen molar-refractivity contribution in [1.82, 2.24) is 9.55 Å². The number of aryl methyl sites for hydroxylation is 2. The Bertz CT molecular complexity index is 361. The second kappa shape index (κ2) is 4.04. The lowest BCUT2D eigenvalue weighted by atomic mass is 10.2. The predicted molar refractivity (Wildman–Crippen MR) is 57.5 cm³/mol. The van der Waals surface area contributed by atoms with Gasteiger partial charge in [-0.15, -0.1) is 0 Å². The number of hydrogen-bond donors (Lipinski definition) is 0. The van der Waals surface area contributed by atoms with Gasteiger partial charge in [0.15, 0.2) is 0 Å². The zero-order chi connectivity index (χ0) is 11.6. The van der Waals surface area contributed by atoms with Crippen LogP contribution in [-0.4, -0.2) is 21.1 Å². The van der Waals surface area contributed by atoms with Gasteiger partial charge in [-0.2, -0.15) is 0 Å². The minimum absolute atomic E-state index is 0.226. The number of carbonyl (C=O) groups is 1. The second-order valence-corrected chi connectivity index (χ2v) is 4.64. The maximum atomic E-state index is 11.5. The van der Waals surface area contributed by atoms with Gasteiger partial charge in [0, 0.05) is 6.20 Å². The molecule has 0 unspecified atom stereocenters. The molecule has 0 atom stereocenters. The Kier molecular flexibility index (Phi) is 3.17. The summed E-state index contributed by atoms with van der Waals surface area (Å²) >= 11 is 0. The highest BCUT2D eigenvalue weighted by Crippen LogP contribution is 2.08. The summed E-state index contributed by atoms with van der Waals surface area (Å²) in [6.07, 6.45) is 1.85. The van der Waals surface area contributed by atoms with Crippen LogP contribution in [-0.2, 0) is 16.1 Å². The first-order chi connectivity index (χ1) is 6.78. The zero-order valence-corrected chi connectivity index (χ0v) is 10.00. The SMILES string of the molecule is Cc1cn(CC(=O)OC(C)(C)C)c(C)n1. The van der Waals surface area contributed by atoms with E-state index in [2.05, 4.69) is 4.98 Å². The lowest BCUT2D eigenvalue weighted by molar-refractivity contribution is -0.155. The Hall–Kier alpha value is -1.32. The standard InChI is InChI=1S/C11H18N2O2/c1-8-6-13(9(2)12-8)7-10(14)15-11(3,4)5/h6H,7H2,1-5H3. The first-order valence-electron chi connectivity index (χ1n) is 5.00. The molecule has 1 heterocycles. The Morgan fingerprint density at radius 1 is 1.47 bits per heavy atom. The number of carbonyl (C=O) groups excluding carboxylic acids is 1. The van der Waals surface area contributed by atoms with Crippen LogP contribution in [0.3, 0.4) is 0 Å². The topological polar surface area (TPSA) is 44.1 Å². The van der Waals surface area contributed by atoms with E-state index in [-0.39, 0.29) is 12.5 Å². The van der Waals surface area contributed by atoms with Crippen molar-refractivity contribution >= 4 is 5.97 Å². The van der Waals surface area contributed by atoms with Crippen LogP contribution < -0.4 is 0 Å². The van der Waals surface area contributed by atoms with Gasteiger partial charge in [0.1, 0.15) is 18.0 Å². The van der Waals surface area contributed by atoms with E-state index in [0.29, 0.717) is 0 Å². The van der Waals surface area contributed by atoms with Gasteiger partial charge in [0.2, 0.25) is 0 Å². The van der Waals surface area contributed by atoms with Crippen molar-refractivity contribution < 1.29 is 9.53 Å². The van der Waals surface area contributed by atoms with Gasteiger partial charge in [0.25, 0.3) is 0 Å². The molecule has 0 aromatic carbocycles. The fourth-order valence-electron chi connectivity index (χ4n) is 1.34. The number of esters is 1. The van der Waals surface area contributed by atoms with E-state index in [9.17, 15) is 4.79 Å². The third-order valence-corrected chi connectivity index (χ3v) is 1.82. The van der Waals surface area contributed by atoms with Crippen molar-refractivity contribution in [3.8, 4) is 0 Å². The summed E-state index contributed by atoms with van der Waals surface area (Å²) in [5.41, 5.74) is 0.483. The number of nitrogens with zero attached hydrogens (tertiary/aromatic N) is 2. The Labute approximate surface area is 90.3 Å². The molecule has 0 N–H and O–H groups in total. The van der Waals surface area contributed by atoms with E-state index in [1.807, 2.05) is 40.8 Å². The monoisotopic (exact) mass is 210 g/mol. The van der Waals surface area contributed by atoms with Crippen LogP contribution in [0.15, 0.2) is 6.20 Å². The van der Waals surface area contributed by atoms with Crippen LogP contribution in [0.25, 0.3) is 0 Å². The van der Waals surface area contributed by atoms with Gasteiger partial charge >= 0.3 is 5.97 Å². The molecule has 0 aliphatic heterocycles. The van der Waals surface area contributed by atoms with Crippen LogP contribution >= 0.6 is 0 Å². The Morgan fingerprint density at radius 2 is 2.07 bits per heavy atom. The smallest absolute Gasteiger partial charge is 0.326 e. The molecular weight excluding hydrogens is 192 g/mol. The van der Waals surface area contributed by atoms with Gasteiger partial charge in [-0.1, -0.05) is 0 Å². The lowest BCUT2D eigenvalue weighted by Crippen LogP contribution is -2.26. The van der Waals surface area contributed by atoms with Crippen LogP contribution in [0, 0.1) is 13.8 Å². The van der Waals surface area contributed by atoms with E-state index in [4.69, 9.17) is 4.74 Å². The average molecular weight is 210 g/mol. The lowest BCUT2D eigenvalue weighted by Gasteiger charge is -2.19. The molecule has 84 valence electrons. The summed E-state index contributed by atoms with van der Waals surface area (Å²) in [7, 11) is 0. The highest BCUT2D eigenvalue weighted by Gasteiger charge is 2.17. The normalized spacial score (nSPS) is 11.5. The van der Waals surface area contributed by atoms with Crippen molar-refractivity contribution in [2.75, 3.05) is 0 Å². The maximum Gasteiger partial charge on any atom is 0.326 e. The summed E-state index contributed by atoms with van der Waals surface area (Å²) in [6, 6.07) is 0. The molecule has 0 amide bonds. The molecule has 15 heavy (non-hydrogen) atoms. The Balaban J connectivity index is 2.63. The first kappa shape index (κ1) is 11.8. The predicted octanol–water partition coefficient (Wildman–Crippen LogP) is 1.84. The molecule has 0 bridgehead atoms. The van der Waals surface area contributed by atoms with E-state index in [1.54, 1.807) is 4.57 Å². The minimum atomic E-state index is -0.430. The summed E-state index contributed by atoms with van der Waals surface area (Å²) in [4.78, 5) is 15.7. The van der Waals surface area contributed by atoms with Gasteiger partial charge in [0.05, 0.1) is 5.69 Å². The van der Waals surface area contributed by atoms with E-state index in [1.165, 1.54) is 0 Å². The van der Waals surface area contributed by atoms with Crippen molar-refractivity contribution in [2.45, 2.75) is 46.8 Å². The molecule has 0 saturated carbocycles. The molecule has 0 radical (unpaired) electrons. The van der Waals surface area contributed by atoms with Gasteiger partial charge in [-0.25, -0.2) is 4.98 Å². The van der Waals surface area contributed by atoms with E-state index >= 15 is 0 Å². The summed E-state index contributed by atoms with van der Waals surface area (Å²) in [5, 5.41) is 0. The van der Waals surface area contributed by atoms with Crippen molar-refractivity contribution in [2.24, 2.45) is 0 Å². The highest BCUT2D eigenvalue weighted by molar-refractivity contribution is 5.69. The number of rotatable bonds is 2. The number of ether oxygens (including phenoxy) is 1. The number of hydrogen-bond acceptors (Lipinski definition) is 3. The van der Waals surface area contributed by atoms with Crippen LogP contribution in [0.5, 0.6) is 0 Å². The summed E-state index contributed by atoms with van der Waals surface area (Å²) < 4.78 is 7.01. The summed E-state index contributed by atoms with van der Waals surface area (Å²) in [5.74, 6) is 0.598. The number of aromatic nitrogens is 2. The van der Waals surface area contributed by atoms with Crippen molar-refractivity contribution in [1.29, 1.82) is 0 Å². The molecule has 1 aromatic heterocycles. The minimum Gasteiger partial charge on any atom is -0.459 e. The third-order valence-electron chi connectivity index (χ3n) is 1.82. The number of imidazole rings is 1. The third kappa shape index (κ3) is 3.73.